The van der Waals surface area contributed by atoms with Crippen LogP contribution in [0.5, 0.6) is 11.5 Å². The van der Waals surface area contributed by atoms with Crippen LogP contribution in [0.1, 0.15) is 0 Å². The predicted molar refractivity (Wildman–Crippen MR) is 112 cm³/mol. The number of para-hydroxylation sites is 2. The first-order valence-electron chi connectivity index (χ1n) is 9.23. The summed E-state index contributed by atoms with van der Waals surface area (Å²) in [6.45, 7) is -0.120. The van der Waals surface area contributed by atoms with Crippen molar-refractivity contribution >= 4 is 11.6 Å². The molecule has 4 rings (SSSR count). The zero-order chi connectivity index (χ0) is 20.9. The van der Waals surface area contributed by atoms with Gasteiger partial charge in [-0.2, -0.15) is 4.80 Å². The Kier molecular flexibility index (Phi) is 5.38. The van der Waals surface area contributed by atoms with E-state index in [1.54, 1.807) is 25.3 Å². The van der Waals surface area contributed by atoms with E-state index in [0.29, 0.717) is 11.5 Å². The van der Waals surface area contributed by atoms with Crippen LogP contribution in [0, 0.1) is 0 Å². The molecule has 1 amide bonds. The summed E-state index contributed by atoms with van der Waals surface area (Å²) in [4.78, 5) is 13.4. The number of benzene rings is 3. The smallest absolute Gasteiger partial charge is 0.248 e. The van der Waals surface area contributed by atoms with E-state index in [0.717, 1.165) is 22.4 Å². The summed E-state index contributed by atoms with van der Waals surface area (Å²) in [5.41, 5.74) is 3.24. The lowest BCUT2D eigenvalue weighted by Gasteiger charge is -2.06. The molecule has 0 fully saturated rings. The molecule has 3 aromatic carbocycles. The number of nitrogens with zero attached hydrogens (tertiary/aromatic N) is 4. The Bertz CT molecular complexity index is 1150. The summed E-state index contributed by atoms with van der Waals surface area (Å²) in [7, 11) is 1.64. The van der Waals surface area contributed by atoms with Gasteiger partial charge in [0.1, 0.15) is 18.0 Å². The van der Waals surface area contributed by atoms with Crippen LogP contribution < -0.4 is 10.1 Å². The van der Waals surface area contributed by atoms with Crippen molar-refractivity contribution in [1.29, 1.82) is 0 Å². The van der Waals surface area contributed by atoms with Crippen molar-refractivity contribution in [2.75, 3.05) is 12.4 Å². The first-order chi connectivity index (χ1) is 14.6. The molecule has 0 unspecified atom stereocenters. The van der Waals surface area contributed by atoms with Gasteiger partial charge in [0.15, 0.2) is 0 Å². The standard InChI is InChI=1S/C22H19N5O3/c1-30-18-12-10-16(11-13-18)15-6-8-17(9-7-15)22-24-26-27(25-22)14-21(29)23-19-4-2-3-5-20(19)28/h2-13,28H,14H2,1H3,(H,23,29). The van der Waals surface area contributed by atoms with Gasteiger partial charge >= 0.3 is 0 Å². The van der Waals surface area contributed by atoms with Crippen molar-refractivity contribution in [1.82, 2.24) is 20.2 Å². The normalized spacial score (nSPS) is 10.6. The molecule has 8 heteroatoms. The number of carbonyl (C=O) groups is 1. The van der Waals surface area contributed by atoms with Crippen LogP contribution in [0.3, 0.4) is 0 Å². The van der Waals surface area contributed by atoms with Gasteiger partial charge < -0.3 is 15.2 Å². The maximum atomic E-state index is 12.2. The van der Waals surface area contributed by atoms with E-state index < -0.39 is 0 Å². The molecular weight excluding hydrogens is 382 g/mol. The van der Waals surface area contributed by atoms with E-state index >= 15 is 0 Å². The zero-order valence-corrected chi connectivity index (χ0v) is 16.2. The highest BCUT2D eigenvalue weighted by molar-refractivity contribution is 5.91. The second-order valence-electron chi connectivity index (χ2n) is 6.51. The van der Waals surface area contributed by atoms with E-state index in [4.69, 9.17) is 4.74 Å². The highest BCUT2D eigenvalue weighted by Crippen LogP contribution is 2.25. The summed E-state index contributed by atoms with van der Waals surface area (Å²) in [6, 6.07) is 22.1. The van der Waals surface area contributed by atoms with E-state index in [9.17, 15) is 9.90 Å². The Balaban J connectivity index is 1.43. The number of phenolic OH excluding ortho intramolecular Hbond substituents is 1. The molecule has 0 bridgehead atoms. The van der Waals surface area contributed by atoms with Gasteiger partial charge in [0.05, 0.1) is 12.8 Å². The van der Waals surface area contributed by atoms with Crippen molar-refractivity contribution in [2.45, 2.75) is 6.54 Å². The van der Waals surface area contributed by atoms with Crippen LogP contribution >= 0.6 is 0 Å². The van der Waals surface area contributed by atoms with E-state index in [2.05, 4.69) is 20.7 Å². The molecule has 0 atom stereocenters. The molecule has 30 heavy (non-hydrogen) atoms. The number of rotatable bonds is 6. The largest absolute Gasteiger partial charge is 0.506 e. The molecule has 0 aliphatic heterocycles. The Morgan fingerprint density at radius 1 is 0.967 bits per heavy atom. The number of aromatic nitrogens is 4. The summed E-state index contributed by atoms with van der Waals surface area (Å²) < 4.78 is 5.18. The lowest BCUT2D eigenvalue weighted by atomic mass is 10.0. The lowest BCUT2D eigenvalue weighted by molar-refractivity contribution is -0.117. The van der Waals surface area contributed by atoms with Crippen LogP contribution in [0.4, 0.5) is 5.69 Å². The molecule has 4 aromatic rings. The average Bonchev–Trinajstić information content (AvgIpc) is 3.24. The number of nitrogens with one attached hydrogen (secondary N) is 1. The maximum absolute atomic E-state index is 12.2. The molecule has 2 N–H and O–H groups in total. The third-order valence-electron chi connectivity index (χ3n) is 4.48. The zero-order valence-electron chi connectivity index (χ0n) is 16.2. The van der Waals surface area contributed by atoms with Crippen LogP contribution in [-0.2, 0) is 11.3 Å². The van der Waals surface area contributed by atoms with Gasteiger partial charge in [-0.05, 0) is 40.6 Å². The molecule has 8 nitrogen and oxygen atoms in total. The number of tetrazole rings is 1. The number of hydrogen-bond donors (Lipinski definition) is 2. The van der Waals surface area contributed by atoms with Crippen LogP contribution in [0.2, 0.25) is 0 Å². The molecular formula is C22H19N5O3. The second-order valence-corrected chi connectivity index (χ2v) is 6.51. The number of phenols is 1. The molecule has 0 aliphatic carbocycles. The minimum absolute atomic E-state index is 0.00459. The summed E-state index contributed by atoms with van der Waals surface area (Å²) in [5.74, 6) is 0.861. The fourth-order valence-electron chi connectivity index (χ4n) is 2.92. The van der Waals surface area contributed by atoms with Crippen molar-refractivity contribution in [2.24, 2.45) is 0 Å². The number of carbonyl (C=O) groups excluding carboxylic acids is 1. The number of ether oxygens (including phenoxy) is 1. The van der Waals surface area contributed by atoms with Gasteiger partial charge in [-0.3, -0.25) is 4.79 Å². The Hall–Kier alpha value is -4.20. The predicted octanol–water partition coefficient (Wildman–Crippen LogP) is 3.36. The Morgan fingerprint density at radius 3 is 2.27 bits per heavy atom. The SMILES string of the molecule is COc1ccc(-c2ccc(-c3nnn(CC(=O)Nc4ccccc4O)n3)cc2)cc1. The van der Waals surface area contributed by atoms with Gasteiger partial charge in [0.2, 0.25) is 11.7 Å². The highest BCUT2D eigenvalue weighted by atomic mass is 16.5. The van der Waals surface area contributed by atoms with E-state index in [1.165, 1.54) is 10.9 Å². The molecule has 0 aliphatic rings. The van der Waals surface area contributed by atoms with Crippen molar-refractivity contribution < 1.29 is 14.6 Å². The summed E-state index contributed by atoms with van der Waals surface area (Å²) >= 11 is 0. The number of aromatic hydroxyl groups is 1. The van der Waals surface area contributed by atoms with Crippen LogP contribution in [-0.4, -0.2) is 38.3 Å². The number of methoxy groups -OCH3 is 1. The van der Waals surface area contributed by atoms with E-state index in [1.807, 2.05) is 48.5 Å². The molecule has 0 saturated heterocycles. The highest BCUT2D eigenvalue weighted by Gasteiger charge is 2.11. The summed E-state index contributed by atoms with van der Waals surface area (Å²) in [5, 5.41) is 24.6. The van der Waals surface area contributed by atoms with Crippen molar-refractivity contribution in [3.63, 3.8) is 0 Å². The van der Waals surface area contributed by atoms with Crippen molar-refractivity contribution in [3.8, 4) is 34.0 Å². The quantitative estimate of drug-likeness (QED) is 0.480. The number of hydrogen-bond acceptors (Lipinski definition) is 6. The third-order valence-corrected chi connectivity index (χ3v) is 4.48. The van der Waals surface area contributed by atoms with Gasteiger partial charge in [-0.1, -0.05) is 48.5 Å². The van der Waals surface area contributed by atoms with E-state index in [-0.39, 0.29) is 18.2 Å². The fourth-order valence-corrected chi connectivity index (χ4v) is 2.92. The minimum atomic E-state index is -0.365. The molecule has 0 saturated carbocycles. The van der Waals surface area contributed by atoms with Gasteiger partial charge in [-0.25, -0.2) is 0 Å². The molecule has 150 valence electrons. The first-order valence-corrected chi connectivity index (χ1v) is 9.23. The average molecular weight is 401 g/mol. The van der Waals surface area contributed by atoms with Gasteiger partial charge in [0.25, 0.3) is 0 Å². The first kappa shape index (κ1) is 19.1. The molecule has 1 heterocycles. The molecule has 0 radical (unpaired) electrons. The monoisotopic (exact) mass is 401 g/mol. The van der Waals surface area contributed by atoms with Gasteiger partial charge in [0, 0.05) is 5.56 Å². The Labute approximate surface area is 172 Å². The summed E-state index contributed by atoms with van der Waals surface area (Å²) in [6.07, 6.45) is 0. The third kappa shape index (κ3) is 4.27. The lowest BCUT2D eigenvalue weighted by Crippen LogP contribution is -2.20. The molecule has 1 aromatic heterocycles. The fraction of sp³-hybridized carbons (Fsp3) is 0.0909. The van der Waals surface area contributed by atoms with Crippen molar-refractivity contribution in [3.05, 3.63) is 72.8 Å². The topological polar surface area (TPSA) is 102 Å². The van der Waals surface area contributed by atoms with Crippen LogP contribution in [0.25, 0.3) is 22.5 Å². The Morgan fingerprint density at radius 2 is 1.60 bits per heavy atom. The second kappa shape index (κ2) is 8.44. The van der Waals surface area contributed by atoms with Gasteiger partial charge in [-0.15, -0.1) is 10.2 Å². The number of amides is 1. The maximum Gasteiger partial charge on any atom is 0.248 e. The minimum Gasteiger partial charge on any atom is -0.506 e. The molecule has 0 spiro atoms. The number of anilines is 1. The van der Waals surface area contributed by atoms with Crippen LogP contribution in [0.15, 0.2) is 72.8 Å².